The molecule has 0 radical (unpaired) electrons. The van der Waals surface area contributed by atoms with Gasteiger partial charge in [0, 0.05) is 69.0 Å². The van der Waals surface area contributed by atoms with Gasteiger partial charge in [-0.05, 0) is 48.7 Å². The minimum Gasteiger partial charge on any atom is -0.390 e. The highest BCUT2D eigenvalue weighted by Crippen LogP contribution is 2.28. The number of aliphatic hydroxyl groups is 1. The van der Waals surface area contributed by atoms with Crippen molar-refractivity contribution < 1.29 is 17.9 Å². The van der Waals surface area contributed by atoms with E-state index in [1.54, 1.807) is 18.5 Å². The van der Waals surface area contributed by atoms with E-state index in [1.165, 1.54) is 16.4 Å². The number of hydrogen-bond donors (Lipinski definition) is 2. The number of rotatable bonds is 6. The van der Waals surface area contributed by atoms with Crippen molar-refractivity contribution in [2.75, 3.05) is 55.7 Å². The lowest BCUT2D eigenvalue weighted by atomic mass is 10.0. The smallest absolute Gasteiger partial charge is 0.211 e. The van der Waals surface area contributed by atoms with Crippen LogP contribution in [-0.4, -0.2) is 90.4 Å². The molecule has 2 fully saturated rings. The number of hydrogen-bond acceptors (Lipinski definition) is 9. The van der Waals surface area contributed by atoms with E-state index in [0.717, 1.165) is 61.0 Å². The number of sulfonamides is 1. The number of nitrogens with zero attached hydrogens (tertiary/aromatic N) is 6. The average molecular weight is 554 g/mol. The lowest BCUT2D eigenvalue weighted by Gasteiger charge is -2.35. The van der Waals surface area contributed by atoms with Gasteiger partial charge in [-0.15, -0.1) is 0 Å². The van der Waals surface area contributed by atoms with E-state index < -0.39 is 21.9 Å². The quantitative estimate of drug-likeness (QED) is 0.472. The van der Waals surface area contributed by atoms with Crippen molar-refractivity contribution in [1.29, 1.82) is 5.26 Å². The normalized spacial score (nSPS) is 21.4. The second-order valence-corrected chi connectivity index (χ2v) is 12.2. The Bertz CT molecular complexity index is 1500. The molecule has 2 saturated heterocycles. The molecule has 2 atom stereocenters. The van der Waals surface area contributed by atoms with Gasteiger partial charge in [0.2, 0.25) is 10.0 Å². The Balaban J connectivity index is 1.29. The summed E-state index contributed by atoms with van der Waals surface area (Å²) in [7, 11) is -3.35. The molecule has 3 aromatic rings. The summed E-state index contributed by atoms with van der Waals surface area (Å²) in [6, 6.07) is 10.0. The van der Waals surface area contributed by atoms with Crippen molar-refractivity contribution in [3.05, 3.63) is 59.7 Å². The Hall–Kier alpha value is -3.37. The van der Waals surface area contributed by atoms with Gasteiger partial charge in [-0.25, -0.2) is 22.8 Å². The lowest BCUT2D eigenvalue weighted by Crippen LogP contribution is -2.51. The number of halogens is 1. The first-order chi connectivity index (χ1) is 18.7. The molecule has 12 heteroatoms. The summed E-state index contributed by atoms with van der Waals surface area (Å²) in [5.41, 5.74) is 1.11. The van der Waals surface area contributed by atoms with Gasteiger partial charge in [0.15, 0.2) is 0 Å². The summed E-state index contributed by atoms with van der Waals surface area (Å²) in [4.78, 5) is 13.7. The van der Waals surface area contributed by atoms with Gasteiger partial charge in [-0.1, -0.05) is 0 Å². The zero-order chi connectivity index (χ0) is 27.6. The molecule has 2 N–H and O–H groups in total. The molecule has 1 aromatic carbocycles. The van der Waals surface area contributed by atoms with Crippen LogP contribution in [0.25, 0.3) is 10.8 Å². The molecule has 0 saturated carbocycles. The highest BCUT2D eigenvalue weighted by atomic mass is 32.2. The largest absolute Gasteiger partial charge is 0.390 e. The Kier molecular flexibility index (Phi) is 7.95. The van der Waals surface area contributed by atoms with Crippen LogP contribution in [0.15, 0.2) is 42.7 Å². The van der Waals surface area contributed by atoms with Gasteiger partial charge in [-0.2, -0.15) is 9.57 Å². The molecule has 0 amide bonds. The van der Waals surface area contributed by atoms with Crippen LogP contribution in [0.1, 0.15) is 24.0 Å². The Morgan fingerprint density at radius 3 is 2.77 bits per heavy atom. The highest BCUT2D eigenvalue weighted by molar-refractivity contribution is 7.88. The van der Waals surface area contributed by atoms with Crippen LogP contribution in [-0.2, 0) is 16.6 Å². The van der Waals surface area contributed by atoms with Gasteiger partial charge >= 0.3 is 0 Å². The number of β-amino-alcohol motifs (C(OH)–C–C–N with tert-alkyl or cyclic N) is 1. The second-order valence-electron chi connectivity index (χ2n) is 10.2. The average Bonchev–Trinajstić information content (AvgIpc) is 3.14. The Labute approximate surface area is 227 Å². The predicted molar refractivity (Wildman–Crippen MR) is 147 cm³/mol. The third kappa shape index (κ3) is 6.45. The van der Waals surface area contributed by atoms with Crippen molar-refractivity contribution in [3.8, 4) is 6.07 Å². The van der Waals surface area contributed by atoms with Gasteiger partial charge in [0.05, 0.1) is 30.0 Å². The molecule has 4 heterocycles. The summed E-state index contributed by atoms with van der Waals surface area (Å²) in [6.45, 7) is 4.11. The predicted octanol–water partition coefficient (Wildman–Crippen LogP) is 2.16. The van der Waals surface area contributed by atoms with Crippen molar-refractivity contribution in [3.63, 3.8) is 0 Å². The van der Waals surface area contributed by atoms with Crippen LogP contribution in [0.2, 0.25) is 0 Å². The zero-order valence-electron chi connectivity index (χ0n) is 21.8. The minimum atomic E-state index is -3.35. The number of anilines is 2. The van der Waals surface area contributed by atoms with Crippen molar-refractivity contribution >= 4 is 32.4 Å². The molecule has 0 unspecified atom stereocenters. The fourth-order valence-electron chi connectivity index (χ4n) is 5.35. The highest BCUT2D eigenvalue weighted by Gasteiger charge is 2.32. The lowest BCUT2D eigenvalue weighted by molar-refractivity contribution is 0.0952. The van der Waals surface area contributed by atoms with Crippen LogP contribution in [0.4, 0.5) is 16.0 Å². The van der Waals surface area contributed by atoms with Gasteiger partial charge in [0.25, 0.3) is 0 Å². The fraction of sp³-hybridized carbons (Fsp3) is 0.444. The summed E-state index contributed by atoms with van der Waals surface area (Å²) in [5.74, 6) is 1.06. The molecule has 206 valence electrons. The van der Waals surface area contributed by atoms with Crippen LogP contribution in [0.3, 0.4) is 0 Å². The second kappa shape index (κ2) is 11.4. The SMILES string of the molecule is CS(=O)(=O)N1CC[C@@H](Nc2cc3c(N4CCCN(Cc5cc(F)cc(C#N)c5)CC4)nccc3cn2)[C@H](O)C1. The van der Waals surface area contributed by atoms with Crippen LogP contribution in [0, 0.1) is 17.1 Å². The molecule has 39 heavy (non-hydrogen) atoms. The van der Waals surface area contributed by atoms with Gasteiger partial charge in [0.1, 0.15) is 17.5 Å². The number of aliphatic hydroxyl groups excluding tert-OH is 1. The van der Waals surface area contributed by atoms with Crippen LogP contribution in [0.5, 0.6) is 0 Å². The van der Waals surface area contributed by atoms with E-state index >= 15 is 0 Å². The third-order valence-electron chi connectivity index (χ3n) is 7.35. The molecular weight excluding hydrogens is 521 g/mol. The first-order valence-electron chi connectivity index (χ1n) is 13.0. The van der Waals surface area contributed by atoms with E-state index in [9.17, 15) is 17.9 Å². The molecule has 2 aliphatic heterocycles. The zero-order valence-corrected chi connectivity index (χ0v) is 22.6. The monoisotopic (exact) mass is 553 g/mol. The number of nitrogens with one attached hydrogen (secondary N) is 1. The topological polar surface area (TPSA) is 126 Å². The van der Waals surface area contributed by atoms with Crippen LogP contribution >= 0.6 is 0 Å². The number of pyridine rings is 2. The molecule has 0 bridgehead atoms. The Morgan fingerprint density at radius 2 is 2.00 bits per heavy atom. The molecule has 2 aromatic heterocycles. The van der Waals surface area contributed by atoms with Crippen molar-refractivity contribution in [2.45, 2.75) is 31.5 Å². The summed E-state index contributed by atoms with van der Waals surface area (Å²) in [5, 5.41) is 24.9. The summed E-state index contributed by atoms with van der Waals surface area (Å²) < 4.78 is 38.9. The Morgan fingerprint density at radius 1 is 1.15 bits per heavy atom. The maximum atomic E-state index is 13.9. The fourth-order valence-corrected chi connectivity index (χ4v) is 6.21. The molecule has 0 spiro atoms. The molecule has 2 aliphatic rings. The number of aromatic nitrogens is 2. The van der Waals surface area contributed by atoms with Gasteiger partial charge in [-0.3, -0.25) is 4.90 Å². The number of nitriles is 1. The first-order valence-corrected chi connectivity index (χ1v) is 14.9. The summed E-state index contributed by atoms with van der Waals surface area (Å²) in [6.07, 6.45) is 5.23. The third-order valence-corrected chi connectivity index (χ3v) is 8.62. The van der Waals surface area contributed by atoms with Gasteiger partial charge < -0.3 is 15.3 Å². The minimum absolute atomic E-state index is 0.0502. The number of benzene rings is 1. The molecule has 0 aliphatic carbocycles. The van der Waals surface area contributed by atoms with Crippen molar-refractivity contribution in [2.24, 2.45) is 0 Å². The summed E-state index contributed by atoms with van der Waals surface area (Å²) >= 11 is 0. The van der Waals surface area contributed by atoms with E-state index in [0.29, 0.717) is 30.9 Å². The van der Waals surface area contributed by atoms with E-state index in [4.69, 9.17) is 10.2 Å². The van der Waals surface area contributed by atoms with Crippen molar-refractivity contribution in [1.82, 2.24) is 19.2 Å². The van der Waals surface area contributed by atoms with E-state index in [-0.39, 0.29) is 12.6 Å². The van der Waals surface area contributed by atoms with Crippen LogP contribution < -0.4 is 10.2 Å². The standard InChI is InChI=1S/C27H32FN7O3S/c1-39(37,38)35-8-4-24(25(36)18-35)32-26-14-23-21(16-31-26)3-5-30-27(23)34-7-2-6-33(9-10-34)17-20-11-19(15-29)12-22(28)13-20/h3,5,11-14,16,24-25,36H,2,4,6-10,17-18H2,1H3,(H,31,32)/t24-,25-/m1/s1. The van der Waals surface area contributed by atoms with E-state index in [2.05, 4.69) is 20.1 Å². The number of fused-ring (bicyclic) bond motifs is 1. The molecule has 10 nitrogen and oxygen atoms in total. The maximum absolute atomic E-state index is 13.9. The molecular formula is C27H32FN7O3S. The first kappa shape index (κ1) is 27.2. The van der Waals surface area contributed by atoms with E-state index in [1.807, 2.05) is 18.2 Å². The molecule has 5 rings (SSSR count). The maximum Gasteiger partial charge on any atom is 0.211 e. The number of piperidine rings is 1.